The zero-order valence-corrected chi connectivity index (χ0v) is 14.0. The van der Waals surface area contributed by atoms with Crippen LogP contribution in [0.5, 0.6) is 0 Å². The lowest BCUT2D eigenvalue weighted by Gasteiger charge is -2.08. The number of aliphatic hydroxyl groups is 1. The lowest BCUT2D eigenvalue weighted by Crippen LogP contribution is -2.04. The smallest absolute Gasteiger partial charge is 0.102 e. The summed E-state index contributed by atoms with van der Waals surface area (Å²) in [6.45, 7) is 4.31. The average Bonchev–Trinajstić information content (AvgIpc) is 3.19. The highest BCUT2D eigenvalue weighted by Crippen LogP contribution is 2.32. The maximum absolute atomic E-state index is 9.64. The topological polar surface area (TPSA) is 101 Å². The van der Waals surface area contributed by atoms with Gasteiger partial charge in [0.25, 0.3) is 0 Å². The number of hydrogen-bond acceptors (Lipinski definition) is 4. The summed E-state index contributed by atoms with van der Waals surface area (Å²) >= 11 is 0. The van der Waals surface area contributed by atoms with Crippen LogP contribution >= 0.6 is 0 Å². The van der Waals surface area contributed by atoms with Crippen molar-refractivity contribution in [3.8, 4) is 23.3 Å². The number of hydrogen-bond donors (Lipinski definition) is 2. The summed E-state index contributed by atoms with van der Waals surface area (Å²) in [4.78, 5) is 0. The number of nitriles is 2. The largest absolute Gasteiger partial charge is 0.390 e. The summed E-state index contributed by atoms with van der Waals surface area (Å²) in [6.07, 6.45) is 0. The van der Waals surface area contributed by atoms with Gasteiger partial charge in [0.1, 0.15) is 6.07 Å². The summed E-state index contributed by atoms with van der Waals surface area (Å²) < 4.78 is 2.05. The van der Waals surface area contributed by atoms with E-state index in [2.05, 4.69) is 22.3 Å². The van der Waals surface area contributed by atoms with E-state index in [1.54, 1.807) is 12.1 Å². The summed E-state index contributed by atoms with van der Waals surface area (Å²) in [5.74, 6) is 0. The Morgan fingerprint density at radius 3 is 2.40 bits per heavy atom. The van der Waals surface area contributed by atoms with Gasteiger partial charge in [-0.15, -0.1) is 0 Å². The Morgan fingerprint density at radius 1 is 1.12 bits per heavy atom. The molecule has 0 fully saturated rings. The molecule has 3 aromatic rings. The SMILES string of the molecule is Cc1c(C#N)c(-c2ccc(C#N)cc2)c(C)n1Cc1cc(CO)[nH]n1. The Bertz CT molecular complexity index is 996. The van der Waals surface area contributed by atoms with E-state index < -0.39 is 0 Å². The van der Waals surface area contributed by atoms with Crippen molar-refractivity contribution in [2.75, 3.05) is 0 Å². The fraction of sp³-hybridized carbons (Fsp3) is 0.211. The van der Waals surface area contributed by atoms with E-state index in [1.807, 2.05) is 36.6 Å². The molecular formula is C19H17N5O. The molecule has 6 heteroatoms. The molecule has 2 heterocycles. The van der Waals surface area contributed by atoms with Crippen molar-refractivity contribution in [2.24, 2.45) is 0 Å². The van der Waals surface area contributed by atoms with Crippen LogP contribution in [0.1, 0.15) is 33.9 Å². The van der Waals surface area contributed by atoms with E-state index in [9.17, 15) is 5.26 Å². The minimum atomic E-state index is -0.0867. The maximum atomic E-state index is 9.64. The highest BCUT2D eigenvalue weighted by atomic mass is 16.3. The fourth-order valence-corrected chi connectivity index (χ4v) is 3.06. The Kier molecular flexibility index (Phi) is 4.38. The fourth-order valence-electron chi connectivity index (χ4n) is 3.06. The number of nitrogens with zero attached hydrogens (tertiary/aromatic N) is 4. The molecule has 0 saturated carbocycles. The van der Waals surface area contributed by atoms with Crippen molar-refractivity contribution in [3.63, 3.8) is 0 Å². The average molecular weight is 331 g/mol. The first-order valence-corrected chi connectivity index (χ1v) is 7.83. The quantitative estimate of drug-likeness (QED) is 0.767. The first-order chi connectivity index (χ1) is 12.1. The van der Waals surface area contributed by atoms with Crippen molar-refractivity contribution < 1.29 is 5.11 Å². The van der Waals surface area contributed by atoms with Crippen molar-refractivity contribution in [1.82, 2.24) is 14.8 Å². The van der Waals surface area contributed by atoms with Gasteiger partial charge in [-0.25, -0.2) is 0 Å². The van der Waals surface area contributed by atoms with Gasteiger partial charge in [0, 0.05) is 17.0 Å². The molecule has 124 valence electrons. The van der Waals surface area contributed by atoms with Gasteiger partial charge in [-0.1, -0.05) is 12.1 Å². The van der Waals surface area contributed by atoms with Gasteiger partial charge in [0.05, 0.1) is 41.7 Å². The lowest BCUT2D eigenvalue weighted by molar-refractivity contribution is 0.276. The molecule has 25 heavy (non-hydrogen) atoms. The Morgan fingerprint density at radius 2 is 1.84 bits per heavy atom. The summed E-state index contributed by atoms with van der Waals surface area (Å²) in [7, 11) is 0. The number of rotatable bonds is 4. The van der Waals surface area contributed by atoms with Gasteiger partial charge in [-0.2, -0.15) is 15.6 Å². The Labute approximate surface area is 145 Å². The van der Waals surface area contributed by atoms with E-state index in [-0.39, 0.29) is 6.61 Å². The molecule has 0 aliphatic rings. The van der Waals surface area contributed by atoms with Crippen molar-refractivity contribution in [3.05, 3.63) is 64.2 Å². The molecule has 0 atom stereocenters. The van der Waals surface area contributed by atoms with Crippen LogP contribution in [0.2, 0.25) is 0 Å². The molecule has 1 aromatic carbocycles. The van der Waals surface area contributed by atoms with Gasteiger partial charge >= 0.3 is 0 Å². The van der Waals surface area contributed by atoms with Crippen LogP contribution in [0, 0.1) is 36.5 Å². The molecule has 0 amide bonds. The highest BCUT2D eigenvalue weighted by Gasteiger charge is 2.19. The third-order valence-electron chi connectivity index (χ3n) is 4.37. The second-order valence-electron chi connectivity index (χ2n) is 5.85. The summed E-state index contributed by atoms with van der Waals surface area (Å²) in [6, 6.07) is 13.5. The second kappa shape index (κ2) is 6.64. The standard InChI is InChI=1S/C19H17N5O/c1-12-18(9-21)19(15-5-3-14(8-20)4-6-15)13(2)24(12)10-16-7-17(11-25)23-22-16/h3-7,25H,10-11H2,1-2H3,(H,22,23). The Balaban J connectivity index is 2.07. The zero-order chi connectivity index (χ0) is 18.0. The van der Waals surface area contributed by atoms with Crippen LogP contribution < -0.4 is 0 Å². The number of aromatic amines is 1. The van der Waals surface area contributed by atoms with Crippen LogP contribution in [0.25, 0.3) is 11.1 Å². The molecule has 0 bridgehead atoms. The van der Waals surface area contributed by atoms with E-state index >= 15 is 0 Å². The van der Waals surface area contributed by atoms with Gasteiger partial charge in [-0.05, 0) is 37.6 Å². The van der Waals surface area contributed by atoms with Gasteiger partial charge in [0.2, 0.25) is 0 Å². The number of nitrogens with one attached hydrogen (secondary N) is 1. The van der Waals surface area contributed by atoms with Gasteiger partial charge in [0.15, 0.2) is 0 Å². The Hall–Kier alpha value is -3.35. The molecule has 0 spiro atoms. The summed E-state index contributed by atoms with van der Waals surface area (Å²) in [5.41, 5.74) is 6.28. The van der Waals surface area contributed by atoms with Crippen molar-refractivity contribution in [2.45, 2.75) is 27.0 Å². The molecule has 2 aromatic heterocycles. The minimum Gasteiger partial charge on any atom is -0.390 e. The monoisotopic (exact) mass is 331 g/mol. The number of aromatic nitrogens is 3. The van der Waals surface area contributed by atoms with Crippen LogP contribution in [0.15, 0.2) is 30.3 Å². The van der Waals surface area contributed by atoms with Crippen LogP contribution in [0.4, 0.5) is 0 Å². The van der Waals surface area contributed by atoms with Crippen molar-refractivity contribution in [1.29, 1.82) is 10.5 Å². The molecule has 6 nitrogen and oxygen atoms in total. The number of H-pyrrole nitrogens is 1. The molecule has 0 radical (unpaired) electrons. The molecule has 3 rings (SSSR count). The molecule has 2 N–H and O–H groups in total. The van der Waals surface area contributed by atoms with Gasteiger partial charge in [-0.3, -0.25) is 5.10 Å². The third-order valence-corrected chi connectivity index (χ3v) is 4.37. The van der Waals surface area contributed by atoms with E-state index in [1.165, 1.54) is 0 Å². The second-order valence-corrected chi connectivity index (χ2v) is 5.85. The third kappa shape index (κ3) is 2.91. The molecule has 0 unspecified atom stereocenters. The van der Waals surface area contributed by atoms with Crippen LogP contribution in [-0.2, 0) is 13.2 Å². The lowest BCUT2D eigenvalue weighted by atomic mass is 10.0. The number of benzene rings is 1. The number of aliphatic hydroxyl groups excluding tert-OH is 1. The maximum Gasteiger partial charge on any atom is 0.102 e. The summed E-state index contributed by atoms with van der Waals surface area (Å²) in [5, 5.41) is 34.7. The van der Waals surface area contributed by atoms with Crippen molar-refractivity contribution >= 4 is 0 Å². The molecule has 0 aliphatic carbocycles. The molecule has 0 saturated heterocycles. The predicted octanol–water partition coefficient (Wildman–Crippen LogP) is 2.78. The zero-order valence-electron chi connectivity index (χ0n) is 14.0. The minimum absolute atomic E-state index is 0.0867. The van der Waals surface area contributed by atoms with Crippen LogP contribution in [0.3, 0.4) is 0 Å². The normalized spacial score (nSPS) is 10.4. The highest BCUT2D eigenvalue weighted by molar-refractivity contribution is 5.75. The van der Waals surface area contributed by atoms with E-state index in [4.69, 9.17) is 10.4 Å². The molecular weight excluding hydrogens is 314 g/mol. The van der Waals surface area contributed by atoms with E-state index in [0.717, 1.165) is 28.2 Å². The first-order valence-electron chi connectivity index (χ1n) is 7.83. The first kappa shape index (κ1) is 16.5. The molecule has 0 aliphatic heterocycles. The van der Waals surface area contributed by atoms with Gasteiger partial charge < -0.3 is 9.67 Å². The van der Waals surface area contributed by atoms with Crippen LogP contribution in [-0.4, -0.2) is 19.9 Å². The van der Waals surface area contributed by atoms with E-state index in [0.29, 0.717) is 23.4 Å². The predicted molar refractivity (Wildman–Crippen MR) is 92.4 cm³/mol.